The molecule has 0 heterocycles. The first-order valence-corrected chi connectivity index (χ1v) is 28.4. The smallest absolute Gasteiger partial charge is 0.306 e. The summed E-state index contributed by atoms with van der Waals surface area (Å²) in [5.74, 6) is -0.487. The number of allylic oxidation sites excluding steroid dienone is 8. The lowest BCUT2D eigenvalue weighted by molar-refractivity contribution is -0.151. The lowest BCUT2D eigenvalue weighted by Crippen LogP contribution is -2.46. The highest BCUT2D eigenvalue weighted by Gasteiger charge is 2.24. The van der Waals surface area contributed by atoms with Gasteiger partial charge in [0.15, 0.2) is 0 Å². The molecular formula is C59H109NO5. The van der Waals surface area contributed by atoms with E-state index in [2.05, 4.69) is 56.5 Å². The summed E-state index contributed by atoms with van der Waals surface area (Å²) in [6, 6.07) is -0.705. The Hall–Kier alpha value is -2.18. The molecule has 0 saturated carbocycles. The summed E-state index contributed by atoms with van der Waals surface area (Å²) < 4.78 is 5.95. The first-order chi connectivity index (χ1) is 32.0. The number of nitrogens with one attached hydrogen (secondary N) is 1. The van der Waals surface area contributed by atoms with Crippen molar-refractivity contribution in [1.29, 1.82) is 0 Å². The van der Waals surface area contributed by atoms with Crippen molar-refractivity contribution in [2.24, 2.45) is 0 Å². The molecule has 6 nitrogen and oxygen atoms in total. The number of aliphatic hydroxyl groups is 2. The van der Waals surface area contributed by atoms with Crippen LogP contribution in [-0.4, -0.2) is 46.9 Å². The Kier molecular flexibility index (Phi) is 51.0. The van der Waals surface area contributed by atoms with Crippen molar-refractivity contribution in [3.63, 3.8) is 0 Å². The Balaban J connectivity index is 4.57. The van der Waals surface area contributed by atoms with Crippen molar-refractivity contribution in [3.8, 4) is 0 Å². The second-order valence-electron chi connectivity index (χ2n) is 19.4. The maximum Gasteiger partial charge on any atom is 0.306 e. The molecule has 0 aromatic rings. The van der Waals surface area contributed by atoms with Crippen LogP contribution >= 0.6 is 0 Å². The number of hydrogen-bond acceptors (Lipinski definition) is 5. The average Bonchev–Trinajstić information content (AvgIpc) is 3.30. The minimum absolute atomic E-state index is 0.0710. The average molecular weight is 913 g/mol. The predicted octanol–water partition coefficient (Wildman–Crippen LogP) is 17.4. The fraction of sp³-hybridized carbons (Fsp3) is 0.831. The van der Waals surface area contributed by atoms with Crippen LogP contribution in [0.2, 0.25) is 0 Å². The van der Waals surface area contributed by atoms with Crippen LogP contribution in [0.15, 0.2) is 48.6 Å². The number of esters is 1. The maximum absolute atomic E-state index is 13.3. The summed E-state index contributed by atoms with van der Waals surface area (Å²) in [6.07, 6.45) is 64.6. The van der Waals surface area contributed by atoms with Gasteiger partial charge in [-0.05, 0) is 44.9 Å². The fourth-order valence-corrected chi connectivity index (χ4v) is 8.74. The van der Waals surface area contributed by atoms with Gasteiger partial charge in [0, 0.05) is 6.42 Å². The third kappa shape index (κ3) is 48.1. The first-order valence-electron chi connectivity index (χ1n) is 28.4. The zero-order chi connectivity index (χ0) is 47.4. The first kappa shape index (κ1) is 62.8. The van der Waals surface area contributed by atoms with Gasteiger partial charge < -0.3 is 20.3 Å². The van der Waals surface area contributed by atoms with Gasteiger partial charge in [-0.1, -0.05) is 281 Å². The van der Waals surface area contributed by atoms with E-state index in [1.165, 1.54) is 173 Å². The van der Waals surface area contributed by atoms with Crippen LogP contribution in [0.25, 0.3) is 0 Å². The van der Waals surface area contributed by atoms with Crippen molar-refractivity contribution < 1.29 is 24.5 Å². The molecule has 6 heteroatoms. The van der Waals surface area contributed by atoms with Crippen LogP contribution in [0.3, 0.4) is 0 Å². The number of aliphatic hydroxyl groups excluding tert-OH is 2. The molecule has 1 amide bonds. The molecule has 0 fully saturated rings. The van der Waals surface area contributed by atoms with E-state index >= 15 is 0 Å². The molecule has 0 bridgehead atoms. The molecule has 0 radical (unpaired) electrons. The van der Waals surface area contributed by atoms with Gasteiger partial charge in [-0.15, -0.1) is 0 Å². The number of amides is 1. The van der Waals surface area contributed by atoms with Crippen LogP contribution in [0.4, 0.5) is 0 Å². The van der Waals surface area contributed by atoms with Gasteiger partial charge >= 0.3 is 5.97 Å². The lowest BCUT2D eigenvalue weighted by atomic mass is 10.0. The SMILES string of the molecule is CC/C=C/C=C/C=C/C=C\CCCCCCCC(=O)OC(CCCCCCCCCCCCCCCCCC)CC(=O)NC(CO)C(O)CCCCCCCCCCCCCCCCC. The molecule has 0 rings (SSSR count). The summed E-state index contributed by atoms with van der Waals surface area (Å²) >= 11 is 0. The summed E-state index contributed by atoms with van der Waals surface area (Å²) in [5.41, 5.74) is 0. The highest BCUT2D eigenvalue weighted by atomic mass is 16.5. The molecule has 0 aliphatic rings. The quantitative estimate of drug-likeness (QED) is 0.0321. The van der Waals surface area contributed by atoms with Gasteiger partial charge in [-0.3, -0.25) is 9.59 Å². The van der Waals surface area contributed by atoms with E-state index in [0.29, 0.717) is 19.3 Å². The van der Waals surface area contributed by atoms with Gasteiger partial charge in [0.1, 0.15) is 6.10 Å². The molecule has 0 aliphatic carbocycles. The number of unbranched alkanes of at least 4 members (excludes halogenated alkanes) is 34. The molecule has 3 N–H and O–H groups in total. The third-order valence-corrected chi connectivity index (χ3v) is 13.0. The zero-order valence-corrected chi connectivity index (χ0v) is 43.4. The van der Waals surface area contributed by atoms with Gasteiger partial charge in [-0.2, -0.15) is 0 Å². The normalized spacial score (nSPS) is 13.5. The minimum Gasteiger partial charge on any atom is -0.462 e. The van der Waals surface area contributed by atoms with E-state index < -0.39 is 18.2 Å². The number of rotatable bonds is 51. The Morgan fingerprint density at radius 2 is 0.831 bits per heavy atom. The standard InChI is InChI=1S/C59H109NO5/c1-4-7-10-13-16-19-22-25-28-31-32-35-38-41-44-47-50-55(65-59(64)52-49-46-43-40-37-34-30-27-24-21-18-15-12-9-6-3)53-58(63)60-56(54-61)57(62)51-48-45-42-39-36-33-29-26-23-20-17-14-11-8-5-2/h9,12,15,18,21,24,27,30,55-57,61-62H,4-8,10-11,13-14,16-17,19-20,22-23,25-26,28-29,31-54H2,1-3H3,(H,60,63)/b12-9+,18-15+,24-21+,30-27-. The van der Waals surface area contributed by atoms with E-state index in [-0.39, 0.29) is 24.9 Å². The Bertz CT molecular complexity index is 1110. The molecule has 0 aromatic carbocycles. The number of carbonyl (C=O) groups excluding carboxylic acids is 2. The zero-order valence-electron chi connectivity index (χ0n) is 43.4. The number of ether oxygens (including phenoxy) is 1. The lowest BCUT2D eigenvalue weighted by Gasteiger charge is -2.24. The van der Waals surface area contributed by atoms with E-state index in [1.807, 2.05) is 18.2 Å². The van der Waals surface area contributed by atoms with Crippen molar-refractivity contribution >= 4 is 11.9 Å². The largest absolute Gasteiger partial charge is 0.462 e. The minimum atomic E-state index is -0.791. The van der Waals surface area contributed by atoms with E-state index in [4.69, 9.17) is 4.74 Å². The van der Waals surface area contributed by atoms with Gasteiger partial charge in [-0.25, -0.2) is 0 Å². The summed E-state index contributed by atoms with van der Waals surface area (Å²) in [5, 5.41) is 23.9. The van der Waals surface area contributed by atoms with E-state index in [1.54, 1.807) is 0 Å². The highest BCUT2D eigenvalue weighted by Crippen LogP contribution is 2.19. The number of carbonyl (C=O) groups is 2. The molecule has 0 saturated heterocycles. The topological polar surface area (TPSA) is 95.9 Å². The number of hydrogen-bond donors (Lipinski definition) is 3. The summed E-state index contributed by atoms with van der Waals surface area (Å²) in [6.45, 7) is 6.38. The van der Waals surface area contributed by atoms with Crippen LogP contribution in [0.5, 0.6) is 0 Å². The molecule has 0 spiro atoms. The molecule has 380 valence electrons. The second-order valence-corrected chi connectivity index (χ2v) is 19.4. The van der Waals surface area contributed by atoms with Gasteiger partial charge in [0.25, 0.3) is 0 Å². The van der Waals surface area contributed by atoms with Crippen LogP contribution < -0.4 is 5.32 Å². The second kappa shape index (κ2) is 52.8. The Morgan fingerprint density at radius 3 is 1.26 bits per heavy atom. The Morgan fingerprint density at radius 1 is 0.462 bits per heavy atom. The van der Waals surface area contributed by atoms with Crippen molar-refractivity contribution in [1.82, 2.24) is 5.32 Å². The third-order valence-electron chi connectivity index (χ3n) is 13.0. The summed E-state index contributed by atoms with van der Waals surface area (Å²) in [7, 11) is 0. The maximum atomic E-state index is 13.3. The van der Waals surface area contributed by atoms with Crippen molar-refractivity contribution in [2.45, 2.75) is 309 Å². The van der Waals surface area contributed by atoms with E-state index in [0.717, 1.165) is 70.6 Å². The Labute approximate surface area is 404 Å². The molecule has 3 unspecified atom stereocenters. The molecule has 0 aromatic heterocycles. The van der Waals surface area contributed by atoms with Crippen molar-refractivity contribution in [2.75, 3.05) is 6.61 Å². The monoisotopic (exact) mass is 912 g/mol. The fourth-order valence-electron chi connectivity index (χ4n) is 8.74. The predicted molar refractivity (Wildman–Crippen MR) is 282 cm³/mol. The van der Waals surface area contributed by atoms with Crippen LogP contribution in [-0.2, 0) is 14.3 Å². The molecule has 3 atom stereocenters. The van der Waals surface area contributed by atoms with Crippen LogP contribution in [0.1, 0.15) is 290 Å². The molecule has 0 aliphatic heterocycles. The van der Waals surface area contributed by atoms with Crippen LogP contribution in [0, 0.1) is 0 Å². The van der Waals surface area contributed by atoms with Crippen molar-refractivity contribution in [3.05, 3.63) is 48.6 Å². The molecule has 65 heavy (non-hydrogen) atoms. The van der Waals surface area contributed by atoms with Gasteiger partial charge in [0.2, 0.25) is 5.91 Å². The summed E-state index contributed by atoms with van der Waals surface area (Å²) in [4.78, 5) is 26.3. The highest BCUT2D eigenvalue weighted by molar-refractivity contribution is 5.77. The van der Waals surface area contributed by atoms with E-state index in [9.17, 15) is 19.8 Å². The molecular weight excluding hydrogens is 803 g/mol. The van der Waals surface area contributed by atoms with Gasteiger partial charge in [0.05, 0.1) is 25.2 Å².